The summed E-state index contributed by atoms with van der Waals surface area (Å²) in [7, 11) is 1.79. The van der Waals surface area contributed by atoms with Gasteiger partial charge < -0.3 is 10.1 Å². The third-order valence-corrected chi connectivity index (χ3v) is 3.42. The molecule has 0 aliphatic rings. The van der Waals surface area contributed by atoms with E-state index in [4.69, 9.17) is 16.3 Å². The standard InChI is InChI=1S/C16H18ClFN2O/c1-10(2)21-12-7-11(8-20-9-12)16(19-3)13-5-4-6-14(18)15(13)17/h4-10,16,19H,1-3H3. The molecule has 0 saturated carbocycles. The minimum atomic E-state index is -0.433. The van der Waals surface area contributed by atoms with E-state index in [2.05, 4.69) is 10.3 Å². The van der Waals surface area contributed by atoms with Gasteiger partial charge in [0.05, 0.1) is 23.4 Å². The highest BCUT2D eigenvalue weighted by Crippen LogP contribution is 2.30. The van der Waals surface area contributed by atoms with Crippen LogP contribution in [0.5, 0.6) is 5.75 Å². The number of hydrogen-bond donors (Lipinski definition) is 1. The summed E-state index contributed by atoms with van der Waals surface area (Å²) in [6.07, 6.45) is 3.44. The van der Waals surface area contributed by atoms with E-state index in [1.54, 1.807) is 31.6 Å². The minimum absolute atomic E-state index is 0.0628. The molecule has 1 unspecified atom stereocenters. The number of nitrogens with one attached hydrogen (secondary N) is 1. The molecule has 0 saturated heterocycles. The summed E-state index contributed by atoms with van der Waals surface area (Å²) in [4.78, 5) is 4.18. The number of nitrogens with zero attached hydrogens (tertiary/aromatic N) is 1. The largest absolute Gasteiger partial charge is 0.489 e. The molecule has 0 fully saturated rings. The highest BCUT2D eigenvalue weighted by molar-refractivity contribution is 6.31. The second kappa shape index (κ2) is 6.87. The van der Waals surface area contributed by atoms with Crippen LogP contribution in [0.3, 0.4) is 0 Å². The van der Waals surface area contributed by atoms with Gasteiger partial charge >= 0.3 is 0 Å². The van der Waals surface area contributed by atoms with Crippen molar-refractivity contribution in [3.05, 3.63) is 58.6 Å². The lowest BCUT2D eigenvalue weighted by Gasteiger charge is -2.19. The molecule has 2 aromatic rings. The fraction of sp³-hybridized carbons (Fsp3) is 0.312. The number of ether oxygens (including phenoxy) is 1. The minimum Gasteiger partial charge on any atom is -0.489 e. The van der Waals surface area contributed by atoms with Crippen molar-refractivity contribution in [2.24, 2.45) is 0 Å². The zero-order chi connectivity index (χ0) is 15.4. The number of hydrogen-bond acceptors (Lipinski definition) is 3. The first-order valence-electron chi connectivity index (χ1n) is 6.75. The van der Waals surface area contributed by atoms with Gasteiger partial charge in [-0.25, -0.2) is 4.39 Å². The van der Waals surface area contributed by atoms with E-state index in [0.717, 1.165) is 5.56 Å². The Hall–Kier alpha value is -1.65. The third kappa shape index (κ3) is 3.71. The summed E-state index contributed by atoms with van der Waals surface area (Å²) >= 11 is 6.07. The third-order valence-electron chi connectivity index (χ3n) is 3.02. The van der Waals surface area contributed by atoms with E-state index in [-0.39, 0.29) is 17.2 Å². The van der Waals surface area contributed by atoms with Gasteiger partial charge in [0.15, 0.2) is 0 Å². The normalized spacial score (nSPS) is 12.5. The molecule has 3 nitrogen and oxygen atoms in total. The Morgan fingerprint density at radius 2 is 2.05 bits per heavy atom. The van der Waals surface area contributed by atoms with Crippen molar-refractivity contribution in [1.29, 1.82) is 0 Å². The molecular weight excluding hydrogens is 291 g/mol. The number of benzene rings is 1. The van der Waals surface area contributed by atoms with Crippen LogP contribution in [0.25, 0.3) is 0 Å². The summed E-state index contributed by atoms with van der Waals surface area (Å²) in [6.45, 7) is 3.90. The van der Waals surface area contributed by atoms with Gasteiger partial charge in [0.2, 0.25) is 0 Å². The van der Waals surface area contributed by atoms with Gasteiger partial charge in [0.25, 0.3) is 0 Å². The van der Waals surface area contributed by atoms with Crippen LogP contribution in [0.4, 0.5) is 4.39 Å². The van der Waals surface area contributed by atoms with Gasteiger partial charge in [0.1, 0.15) is 11.6 Å². The van der Waals surface area contributed by atoms with E-state index in [0.29, 0.717) is 11.3 Å². The molecule has 5 heteroatoms. The highest BCUT2D eigenvalue weighted by Gasteiger charge is 2.18. The molecule has 0 aliphatic heterocycles. The molecule has 112 valence electrons. The first kappa shape index (κ1) is 15.7. The van der Waals surface area contributed by atoms with Crippen LogP contribution in [-0.2, 0) is 0 Å². The van der Waals surface area contributed by atoms with Crippen LogP contribution < -0.4 is 10.1 Å². The number of aromatic nitrogens is 1. The predicted molar refractivity (Wildman–Crippen MR) is 82.3 cm³/mol. The zero-order valence-corrected chi connectivity index (χ0v) is 13.0. The van der Waals surface area contributed by atoms with Crippen molar-refractivity contribution in [3.8, 4) is 5.75 Å². The maximum absolute atomic E-state index is 13.6. The van der Waals surface area contributed by atoms with Crippen LogP contribution in [0.1, 0.15) is 31.0 Å². The highest BCUT2D eigenvalue weighted by atomic mass is 35.5. The molecule has 1 aromatic heterocycles. The summed E-state index contributed by atoms with van der Waals surface area (Å²) in [5, 5.41) is 3.25. The smallest absolute Gasteiger partial charge is 0.142 e. The van der Waals surface area contributed by atoms with Gasteiger partial charge in [-0.15, -0.1) is 0 Å². The Labute approximate surface area is 129 Å². The average molecular weight is 309 g/mol. The quantitative estimate of drug-likeness (QED) is 0.907. The Balaban J connectivity index is 2.39. The predicted octanol–water partition coefficient (Wildman–Crippen LogP) is 3.97. The van der Waals surface area contributed by atoms with Crippen molar-refractivity contribution in [1.82, 2.24) is 10.3 Å². The van der Waals surface area contributed by atoms with E-state index < -0.39 is 5.82 Å². The van der Waals surface area contributed by atoms with Crippen LogP contribution >= 0.6 is 11.6 Å². The molecule has 21 heavy (non-hydrogen) atoms. The van der Waals surface area contributed by atoms with Crippen LogP contribution in [-0.4, -0.2) is 18.1 Å². The lowest BCUT2D eigenvalue weighted by atomic mass is 10.00. The maximum atomic E-state index is 13.6. The molecule has 0 aliphatic carbocycles. The van der Waals surface area contributed by atoms with Crippen molar-refractivity contribution >= 4 is 11.6 Å². The summed E-state index contributed by atoms with van der Waals surface area (Å²) in [5.41, 5.74) is 1.53. The maximum Gasteiger partial charge on any atom is 0.142 e. The fourth-order valence-electron chi connectivity index (χ4n) is 2.18. The van der Waals surface area contributed by atoms with E-state index in [9.17, 15) is 4.39 Å². The second-order valence-electron chi connectivity index (χ2n) is 4.99. The van der Waals surface area contributed by atoms with Crippen molar-refractivity contribution in [3.63, 3.8) is 0 Å². The number of rotatable bonds is 5. The molecule has 1 aromatic carbocycles. The Morgan fingerprint density at radius 3 is 2.71 bits per heavy atom. The Kier molecular flexibility index (Phi) is 5.15. The molecule has 1 heterocycles. The lowest BCUT2D eigenvalue weighted by Crippen LogP contribution is -2.19. The summed E-state index contributed by atoms with van der Waals surface area (Å²) < 4.78 is 19.3. The van der Waals surface area contributed by atoms with Gasteiger partial charge in [-0.05, 0) is 44.2 Å². The van der Waals surface area contributed by atoms with Crippen LogP contribution in [0, 0.1) is 5.82 Å². The summed E-state index contributed by atoms with van der Waals surface area (Å²) in [5.74, 6) is 0.243. The molecule has 0 bridgehead atoms. The van der Waals surface area contributed by atoms with Crippen molar-refractivity contribution < 1.29 is 9.13 Å². The van der Waals surface area contributed by atoms with E-state index in [1.807, 2.05) is 19.9 Å². The molecule has 0 spiro atoms. The van der Waals surface area contributed by atoms with Crippen molar-refractivity contribution in [2.45, 2.75) is 26.0 Å². The molecule has 1 atom stereocenters. The fourth-order valence-corrected chi connectivity index (χ4v) is 2.41. The second-order valence-corrected chi connectivity index (χ2v) is 5.36. The molecular formula is C16H18ClFN2O. The first-order valence-corrected chi connectivity index (χ1v) is 7.13. The molecule has 0 amide bonds. The zero-order valence-electron chi connectivity index (χ0n) is 12.2. The van der Waals surface area contributed by atoms with Crippen molar-refractivity contribution in [2.75, 3.05) is 7.05 Å². The van der Waals surface area contributed by atoms with Gasteiger partial charge in [0, 0.05) is 6.20 Å². The molecule has 0 radical (unpaired) electrons. The van der Waals surface area contributed by atoms with E-state index >= 15 is 0 Å². The van der Waals surface area contributed by atoms with Crippen LogP contribution in [0.15, 0.2) is 36.7 Å². The SMILES string of the molecule is CNC(c1cncc(OC(C)C)c1)c1cccc(F)c1Cl. The monoisotopic (exact) mass is 308 g/mol. The Bertz CT molecular complexity index is 619. The number of pyridine rings is 1. The van der Waals surface area contributed by atoms with E-state index in [1.165, 1.54) is 6.07 Å². The Morgan fingerprint density at radius 1 is 1.29 bits per heavy atom. The summed E-state index contributed by atoms with van der Waals surface area (Å²) in [6, 6.07) is 6.41. The average Bonchev–Trinajstić information content (AvgIpc) is 2.44. The van der Waals surface area contributed by atoms with Gasteiger partial charge in [-0.2, -0.15) is 0 Å². The van der Waals surface area contributed by atoms with Crippen LogP contribution in [0.2, 0.25) is 5.02 Å². The number of halogens is 2. The van der Waals surface area contributed by atoms with Gasteiger partial charge in [-0.3, -0.25) is 4.98 Å². The van der Waals surface area contributed by atoms with Gasteiger partial charge in [-0.1, -0.05) is 23.7 Å². The topological polar surface area (TPSA) is 34.2 Å². The molecule has 1 N–H and O–H groups in total. The lowest BCUT2D eigenvalue weighted by molar-refractivity contribution is 0.241. The molecule has 2 rings (SSSR count). The first-order chi connectivity index (χ1) is 10.0.